The summed E-state index contributed by atoms with van der Waals surface area (Å²) in [6, 6.07) is 17.9. The van der Waals surface area contributed by atoms with Crippen molar-refractivity contribution in [2.24, 2.45) is 0 Å². The number of amides is 2. The first-order chi connectivity index (χ1) is 15.7. The highest BCUT2D eigenvalue weighted by Crippen LogP contribution is 2.35. The van der Waals surface area contributed by atoms with E-state index in [9.17, 15) is 9.59 Å². The highest BCUT2D eigenvalue weighted by Gasteiger charge is 2.32. The number of nitrogens with one attached hydrogen (secondary N) is 1. The number of hydrogen-bond donors (Lipinski definition) is 1. The van der Waals surface area contributed by atoms with Gasteiger partial charge >= 0.3 is 0 Å². The summed E-state index contributed by atoms with van der Waals surface area (Å²) in [4.78, 5) is 29.8. The van der Waals surface area contributed by atoms with Crippen molar-refractivity contribution in [3.63, 3.8) is 0 Å². The number of nitrogens with zero attached hydrogens (tertiary/aromatic N) is 2. The van der Waals surface area contributed by atoms with Gasteiger partial charge in [0, 0.05) is 37.9 Å². The maximum Gasteiger partial charge on any atom is 0.289 e. The lowest BCUT2D eigenvalue weighted by Gasteiger charge is -2.38. The summed E-state index contributed by atoms with van der Waals surface area (Å²) in [5.74, 6) is 1.35. The van der Waals surface area contributed by atoms with Crippen molar-refractivity contribution in [3.8, 4) is 11.5 Å². The number of rotatable bonds is 5. The molecule has 1 saturated heterocycles. The monoisotopic (exact) mass is 433 g/mol. The minimum absolute atomic E-state index is 0.129. The van der Waals surface area contributed by atoms with E-state index in [0.29, 0.717) is 49.1 Å². The van der Waals surface area contributed by atoms with E-state index < -0.39 is 6.04 Å². The second-order valence-corrected chi connectivity index (χ2v) is 7.68. The van der Waals surface area contributed by atoms with Gasteiger partial charge in [0.2, 0.25) is 12.7 Å². The molecule has 2 aliphatic rings. The molecule has 2 amide bonds. The fourth-order valence-electron chi connectivity index (χ4n) is 4.09. The zero-order chi connectivity index (χ0) is 21.9. The molecule has 164 valence electrons. The number of hydrogen-bond acceptors (Lipinski definition) is 6. The number of furan rings is 1. The summed E-state index contributed by atoms with van der Waals surface area (Å²) < 4.78 is 16.0. The van der Waals surface area contributed by atoms with E-state index in [1.54, 1.807) is 35.2 Å². The number of carbonyl (C=O) groups is 2. The van der Waals surface area contributed by atoms with Gasteiger partial charge in [0.05, 0.1) is 6.26 Å². The molecule has 5 rings (SSSR count). The molecule has 8 nitrogen and oxygen atoms in total. The molecule has 0 bridgehead atoms. The van der Waals surface area contributed by atoms with Gasteiger partial charge in [-0.05, 0) is 29.8 Å². The van der Waals surface area contributed by atoms with Crippen molar-refractivity contribution in [2.75, 3.05) is 38.3 Å². The average Bonchev–Trinajstić information content (AvgIpc) is 3.52. The lowest BCUT2D eigenvalue weighted by molar-refractivity contribution is -0.122. The molecule has 32 heavy (non-hydrogen) atoms. The van der Waals surface area contributed by atoms with Crippen LogP contribution in [0.25, 0.3) is 0 Å². The van der Waals surface area contributed by atoms with E-state index in [2.05, 4.69) is 10.2 Å². The van der Waals surface area contributed by atoms with Crippen LogP contribution in [0.5, 0.6) is 11.5 Å². The summed E-state index contributed by atoms with van der Waals surface area (Å²) in [5, 5.41) is 3.01. The molecule has 1 atom stereocenters. The molecule has 3 aromatic rings. The molecular weight excluding hydrogens is 410 g/mol. The summed E-state index contributed by atoms with van der Waals surface area (Å²) in [5.41, 5.74) is 1.54. The molecule has 0 radical (unpaired) electrons. The van der Waals surface area contributed by atoms with E-state index in [1.807, 2.05) is 30.3 Å². The number of fused-ring (bicyclic) bond motifs is 1. The topological polar surface area (TPSA) is 84.3 Å². The van der Waals surface area contributed by atoms with E-state index in [0.717, 1.165) is 5.56 Å². The van der Waals surface area contributed by atoms with Crippen LogP contribution in [0.15, 0.2) is 71.3 Å². The van der Waals surface area contributed by atoms with E-state index >= 15 is 0 Å². The number of carbonyl (C=O) groups excluding carboxylic acids is 2. The normalized spacial score (nSPS) is 16.6. The van der Waals surface area contributed by atoms with Crippen LogP contribution in [-0.4, -0.2) is 54.6 Å². The third-order valence-corrected chi connectivity index (χ3v) is 5.70. The van der Waals surface area contributed by atoms with Crippen molar-refractivity contribution in [1.82, 2.24) is 9.80 Å². The quantitative estimate of drug-likeness (QED) is 0.666. The van der Waals surface area contributed by atoms with Crippen LogP contribution in [0.3, 0.4) is 0 Å². The molecule has 0 saturated carbocycles. The largest absolute Gasteiger partial charge is 0.459 e. The Labute approximate surface area is 185 Å². The summed E-state index contributed by atoms with van der Waals surface area (Å²) in [6.07, 6.45) is 1.50. The molecule has 0 aliphatic carbocycles. The Balaban J connectivity index is 1.32. The molecule has 1 N–H and O–H groups in total. The van der Waals surface area contributed by atoms with Crippen LogP contribution >= 0.6 is 0 Å². The molecular formula is C24H23N3O5. The Morgan fingerprint density at radius 2 is 1.66 bits per heavy atom. The highest BCUT2D eigenvalue weighted by molar-refractivity contribution is 5.96. The predicted octanol–water partition coefficient (Wildman–Crippen LogP) is 3.15. The Morgan fingerprint density at radius 3 is 2.41 bits per heavy atom. The molecule has 1 aromatic heterocycles. The molecule has 3 heterocycles. The maximum atomic E-state index is 13.4. The molecule has 2 aromatic carbocycles. The van der Waals surface area contributed by atoms with Crippen LogP contribution in [0.4, 0.5) is 5.69 Å². The van der Waals surface area contributed by atoms with Crippen LogP contribution in [0.2, 0.25) is 0 Å². The van der Waals surface area contributed by atoms with Gasteiger partial charge in [-0.3, -0.25) is 14.5 Å². The smallest absolute Gasteiger partial charge is 0.289 e. The van der Waals surface area contributed by atoms with Crippen LogP contribution in [0, 0.1) is 0 Å². The number of ether oxygens (including phenoxy) is 2. The van der Waals surface area contributed by atoms with E-state index in [-0.39, 0.29) is 18.6 Å². The van der Waals surface area contributed by atoms with Gasteiger partial charge in [-0.25, -0.2) is 0 Å². The molecule has 1 fully saturated rings. The predicted molar refractivity (Wildman–Crippen MR) is 117 cm³/mol. The Hall–Kier alpha value is -3.78. The van der Waals surface area contributed by atoms with Crippen LogP contribution in [0.1, 0.15) is 22.2 Å². The number of benzene rings is 2. The first kappa shape index (κ1) is 20.1. The fourth-order valence-corrected chi connectivity index (χ4v) is 4.09. The Morgan fingerprint density at radius 1 is 0.875 bits per heavy atom. The van der Waals surface area contributed by atoms with Gasteiger partial charge in [-0.15, -0.1) is 0 Å². The SMILES string of the molecule is O=C(Nc1ccc2c(c1)OCO2)[C@H](c1ccccc1)N1CCN(C(=O)c2ccco2)CC1. The second-order valence-electron chi connectivity index (χ2n) is 7.68. The van der Waals surface area contributed by atoms with Gasteiger partial charge in [0.15, 0.2) is 17.3 Å². The molecule has 0 unspecified atom stereocenters. The third-order valence-electron chi connectivity index (χ3n) is 5.70. The molecule has 2 aliphatic heterocycles. The van der Waals surface area contributed by atoms with Crippen LogP contribution < -0.4 is 14.8 Å². The zero-order valence-corrected chi connectivity index (χ0v) is 17.4. The Kier molecular flexibility index (Phi) is 5.51. The van der Waals surface area contributed by atoms with Crippen molar-refractivity contribution < 1.29 is 23.5 Å². The van der Waals surface area contributed by atoms with Crippen molar-refractivity contribution >= 4 is 17.5 Å². The highest BCUT2D eigenvalue weighted by atomic mass is 16.7. The standard InChI is InChI=1S/C24H23N3O5/c28-23(25-18-8-9-19-21(15-18)32-16-31-19)22(17-5-2-1-3-6-17)26-10-12-27(13-11-26)24(29)20-7-4-14-30-20/h1-9,14-15,22H,10-13,16H2,(H,25,28)/t22-/m0/s1. The van der Waals surface area contributed by atoms with Gasteiger partial charge in [0.25, 0.3) is 5.91 Å². The van der Waals surface area contributed by atoms with Crippen molar-refractivity contribution in [2.45, 2.75) is 6.04 Å². The first-order valence-corrected chi connectivity index (χ1v) is 10.5. The maximum absolute atomic E-state index is 13.4. The van der Waals surface area contributed by atoms with Gasteiger partial charge < -0.3 is 24.1 Å². The minimum atomic E-state index is -0.484. The lowest BCUT2D eigenvalue weighted by atomic mass is 10.0. The van der Waals surface area contributed by atoms with Gasteiger partial charge in [-0.2, -0.15) is 0 Å². The molecule has 8 heteroatoms. The Bertz CT molecular complexity index is 1090. The first-order valence-electron chi connectivity index (χ1n) is 10.5. The third kappa shape index (κ3) is 4.04. The van der Waals surface area contributed by atoms with Crippen molar-refractivity contribution in [3.05, 3.63) is 78.3 Å². The molecule has 0 spiro atoms. The van der Waals surface area contributed by atoms with E-state index in [1.165, 1.54) is 6.26 Å². The second kappa shape index (κ2) is 8.76. The summed E-state index contributed by atoms with van der Waals surface area (Å²) >= 11 is 0. The lowest BCUT2D eigenvalue weighted by Crippen LogP contribution is -2.51. The number of piperazine rings is 1. The minimum Gasteiger partial charge on any atom is -0.459 e. The van der Waals surface area contributed by atoms with Crippen molar-refractivity contribution in [1.29, 1.82) is 0 Å². The summed E-state index contributed by atoms with van der Waals surface area (Å²) in [6.45, 7) is 2.35. The fraction of sp³-hybridized carbons (Fsp3) is 0.250. The van der Waals surface area contributed by atoms with Gasteiger partial charge in [-0.1, -0.05) is 30.3 Å². The average molecular weight is 433 g/mol. The zero-order valence-electron chi connectivity index (χ0n) is 17.4. The van der Waals surface area contributed by atoms with Crippen LogP contribution in [-0.2, 0) is 4.79 Å². The number of anilines is 1. The van der Waals surface area contributed by atoms with Gasteiger partial charge in [0.1, 0.15) is 6.04 Å². The van der Waals surface area contributed by atoms with E-state index in [4.69, 9.17) is 13.9 Å². The summed E-state index contributed by atoms with van der Waals surface area (Å²) in [7, 11) is 0.